The molecule has 3 saturated carbocycles. The van der Waals surface area contributed by atoms with Gasteiger partial charge < -0.3 is 19.5 Å². The average molecular weight is 490 g/mol. The number of anilines is 1. The standard InChI is InChI=1S/C27H39NO5S/c1-17-4-6-19(7-5-17)26(30)28(20-10-14-22(32-2)15-11-20)23-16-24(34-25(23)27(31)33-3)18-8-12-21(29)13-9-18/h16-18,20,22,30H,4-15H2,1-3H3. The maximum atomic E-state index is 12.9. The fourth-order valence-corrected chi connectivity index (χ4v) is 7.01. The lowest BCUT2D eigenvalue weighted by Gasteiger charge is -2.38. The van der Waals surface area contributed by atoms with Gasteiger partial charge in [0.1, 0.15) is 10.7 Å². The maximum Gasteiger partial charge on any atom is 0.350 e. The molecule has 6 nitrogen and oxygen atoms in total. The predicted molar refractivity (Wildman–Crippen MR) is 135 cm³/mol. The molecule has 1 aromatic rings. The number of allylic oxidation sites excluding steroid dienone is 1. The summed E-state index contributed by atoms with van der Waals surface area (Å²) in [5.74, 6) is 1.25. The van der Waals surface area contributed by atoms with Crippen molar-refractivity contribution in [3.8, 4) is 0 Å². The molecule has 1 heterocycles. The molecular weight excluding hydrogens is 450 g/mol. The van der Waals surface area contributed by atoms with Crippen LogP contribution < -0.4 is 4.90 Å². The van der Waals surface area contributed by atoms with E-state index in [0.717, 1.165) is 80.3 Å². The van der Waals surface area contributed by atoms with Crippen LogP contribution in [0.5, 0.6) is 0 Å². The van der Waals surface area contributed by atoms with Gasteiger partial charge in [-0.05, 0) is 87.7 Å². The molecule has 3 aliphatic carbocycles. The Kier molecular flexibility index (Phi) is 8.35. The molecule has 1 N–H and O–H groups in total. The largest absolute Gasteiger partial charge is 0.494 e. The minimum atomic E-state index is -0.358. The van der Waals surface area contributed by atoms with E-state index in [-0.39, 0.29) is 24.0 Å². The van der Waals surface area contributed by atoms with Gasteiger partial charge in [0.2, 0.25) is 0 Å². The van der Waals surface area contributed by atoms with Crippen molar-refractivity contribution in [2.24, 2.45) is 5.92 Å². The number of ether oxygens (including phenoxy) is 2. The molecule has 0 aromatic carbocycles. The molecule has 7 heteroatoms. The number of esters is 1. The van der Waals surface area contributed by atoms with E-state index in [1.807, 2.05) is 0 Å². The van der Waals surface area contributed by atoms with E-state index >= 15 is 0 Å². The molecule has 0 radical (unpaired) electrons. The van der Waals surface area contributed by atoms with Gasteiger partial charge >= 0.3 is 5.97 Å². The summed E-state index contributed by atoms with van der Waals surface area (Å²) < 4.78 is 10.8. The van der Waals surface area contributed by atoms with Crippen molar-refractivity contribution in [1.82, 2.24) is 0 Å². The molecule has 188 valence electrons. The van der Waals surface area contributed by atoms with Gasteiger partial charge in [-0.2, -0.15) is 0 Å². The molecule has 0 spiro atoms. The van der Waals surface area contributed by atoms with Crippen LogP contribution >= 0.6 is 11.3 Å². The summed E-state index contributed by atoms with van der Waals surface area (Å²) in [5.41, 5.74) is 1.87. The van der Waals surface area contributed by atoms with Crippen molar-refractivity contribution in [2.45, 2.75) is 102 Å². The van der Waals surface area contributed by atoms with Crippen molar-refractivity contribution >= 4 is 28.8 Å². The van der Waals surface area contributed by atoms with Crippen molar-refractivity contribution in [1.29, 1.82) is 0 Å². The lowest BCUT2D eigenvalue weighted by Crippen LogP contribution is -2.40. The van der Waals surface area contributed by atoms with Gasteiger partial charge in [0.25, 0.3) is 0 Å². The topological polar surface area (TPSA) is 76.1 Å². The lowest BCUT2D eigenvalue weighted by molar-refractivity contribution is -0.120. The molecule has 0 aliphatic heterocycles. The fourth-order valence-electron chi connectivity index (χ4n) is 5.77. The summed E-state index contributed by atoms with van der Waals surface area (Å²) >= 11 is 1.48. The number of aliphatic hydroxyl groups excluding tert-OH is 1. The highest BCUT2D eigenvalue weighted by molar-refractivity contribution is 7.14. The van der Waals surface area contributed by atoms with E-state index in [4.69, 9.17) is 9.47 Å². The van der Waals surface area contributed by atoms with Crippen molar-refractivity contribution < 1.29 is 24.2 Å². The first-order valence-electron chi connectivity index (χ1n) is 12.9. The number of ketones is 1. The highest BCUT2D eigenvalue weighted by Crippen LogP contribution is 2.44. The zero-order chi connectivity index (χ0) is 24.2. The van der Waals surface area contributed by atoms with Gasteiger partial charge in [-0.15, -0.1) is 11.3 Å². The fraction of sp³-hybridized carbons (Fsp3) is 0.704. The van der Waals surface area contributed by atoms with E-state index in [9.17, 15) is 14.7 Å². The highest BCUT2D eigenvalue weighted by atomic mass is 32.1. The first-order valence-corrected chi connectivity index (χ1v) is 13.7. The number of thiophene rings is 1. The Labute approximate surface area is 207 Å². The Morgan fingerprint density at radius 1 is 1.00 bits per heavy atom. The Morgan fingerprint density at radius 3 is 2.24 bits per heavy atom. The molecule has 0 atom stereocenters. The number of methoxy groups -OCH3 is 2. The zero-order valence-corrected chi connectivity index (χ0v) is 21.6. The van der Waals surface area contributed by atoms with E-state index in [2.05, 4.69) is 17.9 Å². The zero-order valence-electron chi connectivity index (χ0n) is 20.8. The minimum absolute atomic E-state index is 0.108. The summed E-state index contributed by atoms with van der Waals surface area (Å²) in [6, 6.07) is 2.21. The molecule has 0 amide bonds. The monoisotopic (exact) mass is 489 g/mol. The Morgan fingerprint density at radius 2 is 1.65 bits per heavy atom. The van der Waals surface area contributed by atoms with Gasteiger partial charge in [0.05, 0.1) is 18.9 Å². The summed E-state index contributed by atoms with van der Waals surface area (Å²) in [6.07, 6.45) is 10.7. The predicted octanol–water partition coefficient (Wildman–Crippen LogP) is 6.51. The van der Waals surface area contributed by atoms with E-state index in [0.29, 0.717) is 35.3 Å². The molecule has 34 heavy (non-hydrogen) atoms. The van der Waals surface area contributed by atoms with Gasteiger partial charge in [-0.25, -0.2) is 4.79 Å². The second-order valence-corrected chi connectivity index (χ2v) is 11.4. The third-order valence-electron chi connectivity index (χ3n) is 8.07. The SMILES string of the molecule is COC(=O)c1sc(C2CCC(=O)CC2)cc1N(C(O)=C1CCC(C)CC1)C1CCC(OC)CC1. The van der Waals surface area contributed by atoms with Crippen LogP contribution in [0.4, 0.5) is 5.69 Å². The first kappa shape index (κ1) is 25.2. The van der Waals surface area contributed by atoms with Crippen LogP contribution in [0.25, 0.3) is 0 Å². The van der Waals surface area contributed by atoms with E-state index < -0.39 is 0 Å². The molecule has 0 bridgehead atoms. The van der Waals surface area contributed by atoms with Crippen LogP contribution in [0, 0.1) is 5.92 Å². The number of carbonyl (C=O) groups excluding carboxylic acids is 2. The number of carbonyl (C=O) groups is 2. The lowest BCUT2D eigenvalue weighted by atomic mass is 9.86. The summed E-state index contributed by atoms with van der Waals surface area (Å²) in [4.78, 5) is 28.4. The average Bonchev–Trinajstić information content (AvgIpc) is 3.29. The molecule has 0 saturated heterocycles. The van der Waals surface area contributed by atoms with Crippen LogP contribution in [0.15, 0.2) is 17.5 Å². The number of hydrogen-bond donors (Lipinski definition) is 1. The van der Waals surface area contributed by atoms with Gasteiger partial charge in [-0.1, -0.05) is 6.92 Å². The second-order valence-electron chi connectivity index (χ2n) is 10.3. The number of aliphatic hydroxyl groups is 1. The Bertz CT molecular complexity index is 894. The van der Waals surface area contributed by atoms with Crippen LogP contribution in [0.3, 0.4) is 0 Å². The Balaban J connectivity index is 1.73. The number of Topliss-reactive ketones (excluding diaryl/α,β-unsaturated/α-hetero) is 1. The van der Waals surface area contributed by atoms with Crippen LogP contribution in [0.2, 0.25) is 0 Å². The summed E-state index contributed by atoms with van der Waals surface area (Å²) in [6.45, 7) is 2.27. The van der Waals surface area contributed by atoms with Crippen molar-refractivity contribution in [3.05, 3.63) is 27.3 Å². The van der Waals surface area contributed by atoms with Crippen LogP contribution in [-0.4, -0.2) is 43.2 Å². The third kappa shape index (κ3) is 5.51. The van der Waals surface area contributed by atoms with Gasteiger partial charge in [-0.3, -0.25) is 4.79 Å². The van der Waals surface area contributed by atoms with Gasteiger partial charge in [0, 0.05) is 30.9 Å². The second kappa shape index (κ2) is 11.3. The normalized spacial score (nSPS) is 26.4. The highest BCUT2D eigenvalue weighted by Gasteiger charge is 2.35. The quantitative estimate of drug-likeness (QED) is 0.363. The molecule has 4 rings (SSSR count). The molecule has 3 fully saturated rings. The smallest absolute Gasteiger partial charge is 0.350 e. The maximum absolute atomic E-state index is 12.9. The van der Waals surface area contributed by atoms with E-state index in [1.54, 1.807) is 7.11 Å². The minimum Gasteiger partial charge on any atom is -0.494 e. The summed E-state index contributed by atoms with van der Waals surface area (Å²) in [5, 5.41) is 11.7. The third-order valence-corrected chi connectivity index (χ3v) is 9.34. The Hall–Kier alpha value is -1.86. The van der Waals surface area contributed by atoms with Crippen molar-refractivity contribution in [2.75, 3.05) is 19.1 Å². The molecule has 1 aromatic heterocycles. The van der Waals surface area contributed by atoms with Crippen molar-refractivity contribution in [3.63, 3.8) is 0 Å². The number of nitrogens with zero attached hydrogens (tertiary/aromatic N) is 1. The number of hydrogen-bond acceptors (Lipinski definition) is 7. The summed E-state index contributed by atoms with van der Waals surface area (Å²) in [7, 11) is 3.18. The van der Waals surface area contributed by atoms with Crippen LogP contribution in [0.1, 0.15) is 104 Å². The molecular formula is C27H39NO5S. The molecule has 0 unspecified atom stereocenters. The first-order chi connectivity index (χ1) is 16.4. The van der Waals surface area contributed by atoms with Gasteiger partial charge in [0.15, 0.2) is 5.88 Å². The molecule has 3 aliphatic rings. The number of rotatable bonds is 6. The van der Waals surface area contributed by atoms with Crippen LogP contribution in [-0.2, 0) is 14.3 Å². The van der Waals surface area contributed by atoms with E-state index in [1.165, 1.54) is 18.4 Å².